The normalized spacial score (nSPS) is 17.5. The highest BCUT2D eigenvalue weighted by atomic mass is 35.5. The van der Waals surface area contributed by atoms with Gasteiger partial charge in [-0.1, -0.05) is 23.7 Å². The molecule has 112 valence electrons. The summed E-state index contributed by atoms with van der Waals surface area (Å²) < 4.78 is 2.15. The van der Waals surface area contributed by atoms with Crippen LogP contribution in [0.5, 0.6) is 0 Å². The zero-order valence-corrected chi connectivity index (χ0v) is 13.5. The maximum absolute atomic E-state index is 5.93. The number of nitrogens with one attached hydrogen (secondary N) is 1. The fraction of sp³-hybridized carbons (Fsp3) is 0.267. The molecule has 5 nitrogen and oxygen atoms in total. The third-order valence-electron chi connectivity index (χ3n) is 3.78. The molecule has 7 heteroatoms. The lowest BCUT2D eigenvalue weighted by Gasteiger charge is -2.21. The van der Waals surface area contributed by atoms with Gasteiger partial charge in [0.05, 0.1) is 6.04 Å². The topological polar surface area (TPSA) is 55.6 Å². The van der Waals surface area contributed by atoms with E-state index >= 15 is 0 Å². The lowest BCUT2D eigenvalue weighted by Crippen LogP contribution is -2.32. The standard InChI is InChI=1S/C15H14ClN5S/c1-9-13-19-20-14(21(13)7-6-17-9)12-8-22-15(18-12)10-2-4-11(16)5-3-10/h2-5,8-9,17H,6-7H2,1H3. The average molecular weight is 332 g/mol. The van der Waals surface area contributed by atoms with E-state index in [-0.39, 0.29) is 6.04 Å². The molecule has 4 rings (SSSR count). The van der Waals surface area contributed by atoms with Gasteiger partial charge in [-0.25, -0.2) is 4.98 Å². The van der Waals surface area contributed by atoms with E-state index in [0.29, 0.717) is 0 Å². The maximum Gasteiger partial charge on any atom is 0.183 e. The minimum absolute atomic E-state index is 0.226. The predicted molar refractivity (Wildman–Crippen MR) is 88.0 cm³/mol. The molecule has 3 aromatic rings. The second kappa shape index (κ2) is 5.46. The van der Waals surface area contributed by atoms with Gasteiger partial charge in [0.15, 0.2) is 5.82 Å². The van der Waals surface area contributed by atoms with Crippen molar-refractivity contribution >= 4 is 22.9 Å². The molecule has 22 heavy (non-hydrogen) atoms. The molecule has 0 amide bonds. The first kappa shape index (κ1) is 13.9. The molecule has 0 radical (unpaired) electrons. The molecule has 1 unspecified atom stereocenters. The number of halogens is 1. The summed E-state index contributed by atoms with van der Waals surface area (Å²) in [7, 11) is 0. The third kappa shape index (κ3) is 2.33. The first-order valence-corrected chi connectivity index (χ1v) is 8.36. The molecule has 2 aromatic heterocycles. The number of aromatic nitrogens is 4. The summed E-state index contributed by atoms with van der Waals surface area (Å²) in [6.07, 6.45) is 0. The number of rotatable bonds is 2. The average Bonchev–Trinajstić information content (AvgIpc) is 3.15. The van der Waals surface area contributed by atoms with Crippen molar-refractivity contribution in [2.45, 2.75) is 19.5 Å². The molecule has 1 aromatic carbocycles. The summed E-state index contributed by atoms with van der Waals surface area (Å²) in [4.78, 5) is 4.72. The molecule has 1 atom stereocenters. The summed E-state index contributed by atoms with van der Waals surface area (Å²) in [6, 6.07) is 7.95. The Morgan fingerprint density at radius 2 is 2.09 bits per heavy atom. The predicted octanol–water partition coefficient (Wildman–Crippen LogP) is 3.39. The second-order valence-corrected chi connectivity index (χ2v) is 6.55. The van der Waals surface area contributed by atoms with Crippen LogP contribution in [0.2, 0.25) is 5.02 Å². The van der Waals surface area contributed by atoms with Gasteiger partial charge in [-0.15, -0.1) is 21.5 Å². The molecule has 0 saturated carbocycles. The second-order valence-electron chi connectivity index (χ2n) is 5.25. The van der Waals surface area contributed by atoms with Gasteiger partial charge in [0.1, 0.15) is 16.5 Å². The van der Waals surface area contributed by atoms with Crippen LogP contribution in [-0.2, 0) is 6.54 Å². The van der Waals surface area contributed by atoms with E-state index in [4.69, 9.17) is 16.6 Å². The van der Waals surface area contributed by atoms with Crippen LogP contribution in [0.15, 0.2) is 29.6 Å². The fourth-order valence-electron chi connectivity index (χ4n) is 2.63. The van der Waals surface area contributed by atoms with Crippen LogP contribution in [0.3, 0.4) is 0 Å². The third-order valence-corrected chi connectivity index (χ3v) is 4.92. The van der Waals surface area contributed by atoms with E-state index in [1.807, 2.05) is 29.6 Å². The van der Waals surface area contributed by atoms with Crippen LogP contribution in [0.4, 0.5) is 0 Å². The van der Waals surface area contributed by atoms with Crippen molar-refractivity contribution in [3.63, 3.8) is 0 Å². The minimum atomic E-state index is 0.226. The van der Waals surface area contributed by atoms with Crippen LogP contribution in [0, 0.1) is 0 Å². The number of fused-ring (bicyclic) bond motifs is 1. The van der Waals surface area contributed by atoms with Gasteiger partial charge in [0.2, 0.25) is 0 Å². The molecule has 0 saturated heterocycles. The van der Waals surface area contributed by atoms with E-state index in [1.54, 1.807) is 11.3 Å². The summed E-state index contributed by atoms with van der Waals surface area (Å²) in [5, 5.41) is 15.8. The van der Waals surface area contributed by atoms with E-state index in [2.05, 4.69) is 27.0 Å². The number of hydrogen-bond acceptors (Lipinski definition) is 5. The van der Waals surface area contributed by atoms with Crippen LogP contribution in [0.1, 0.15) is 18.8 Å². The SMILES string of the molecule is CC1NCCn2c(-c3csc(-c4ccc(Cl)cc4)n3)nnc21. The van der Waals surface area contributed by atoms with Crippen molar-refractivity contribution in [2.75, 3.05) is 6.54 Å². The highest BCUT2D eigenvalue weighted by molar-refractivity contribution is 7.13. The molecule has 1 N–H and O–H groups in total. The lowest BCUT2D eigenvalue weighted by molar-refractivity contribution is 0.439. The smallest absolute Gasteiger partial charge is 0.183 e. The monoisotopic (exact) mass is 331 g/mol. The molecule has 0 fully saturated rings. The van der Waals surface area contributed by atoms with Crippen molar-refractivity contribution in [3.05, 3.63) is 40.5 Å². The summed E-state index contributed by atoms with van der Waals surface area (Å²) >= 11 is 7.54. The van der Waals surface area contributed by atoms with Crippen LogP contribution >= 0.6 is 22.9 Å². The Labute approximate surface area is 137 Å². The van der Waals surface area contributed by atoms with Crippen LogP contribution < -0.4 is 5.32 Å². The Balaban J connectivity index is 1.72. The van der Waals surface area contributed by atoms with Crippen molar-refractivity contribution in [1.29, 1.82) is 0 Å². The first-order valence-electron chi connectivity index (χ1n) is 7.10. The number of benzene rings is 1. The number of thiazole rings is 1. The molecular weight excluding hydrogens is 318 g/mol. The van der Waals surface area contributed by atoms with Crippen molar-refractivity contribution in [3.8, 4) is 22.1 Å². The van der Waals surface area contributed by atoms with E-state index in [1.165, 1.54) is 0 Å². The summed E-state index contributed by atoms with van der Waals surface area (Å²) in [5.74, 6) is 1.82. The number of nitrogens with zero attached hydrogens (tertiary/aromatic N) is 4. The van der Waals surface area contributed by atoms with Crippen molar-refractivity contribution in [1.82, 2.24) is 25.1 Å². The highest BCUT2D eigenvalue weighted by Gasteiger charge is 2.23. The van der Waals surface area contributed by atoms with Crippen LogP contribution in [0.25, 0.3) is 22.1 Å². The number of hydrogen-bond donors (Lipinski definition) is 1. The Morgan fingerprint density at radius 1 is 1.27 bits per heavy atom. The Bertz CT molecular complexity index is 808. The zero-order chi connectivity index (χ0) is 15.1. The molecule has 0 spiro atoms. The van der Waals surface area contributed by atoms with Crippen molar-refractivity contribution < 1.29 is 0 Å². The first-order chi connectivity index (χ1) is 10.7. The fourth-order valence-corrected chi connectivity index (χ4v) is 3.56. The van der Waals surface area contributed by atoms with Crippen molar-refractivity contribution in [2.24, 2.45) is 0 Å². The quantitative estimate of drug-likeness (QED) is 0.782. The molecule has 1 aliphatic rings. The Hall–Kier alpha value is -1.76. The van der Waals surface area contributed by atoms with Gasteiger partial charge < -0.3 is 9.88 Å². The molecular formula is C15H14ClN5S. The van der Waals surface area contributed by atoms with Gasteiger partial charge in [0, 0.05) is 29.1 Å². The lowest BCUT2D eigenvalue weighted by atomic mass is 10.2. The molecule has 0 aliphatic carbocycles. The van der Waals surface area contributed by atoms with Gasteiger partial charge >= 0.3 is 0 Å². The summed E-state index contributed by atoms with van der Waals surface area (Å²) in [5.41, 5.74) is 1.94. The summed E-state index contributed by atoms with van der Waals surface area (Å²) in [6.45, 7) is 3.90. The van der Waals surface area contributed by atoms with Gasteiger partial charge in [0.25, 0.3) is 0 Å². The van der Waals surface area contributed by atoms with E-state index in [0.717, 1.165) is 46.0 Å². The Morgan fingerprint density at radius 3 is 2.91 bits per heavy atom. The largest absolute Gasteiger partial charge is 0.307 e. The molecule has 0 bridgehead atoms. The minimum Gasteiger partial charge on any atom is -0.307 e. The molecule has 3 heterocycles. The zero-order valence-electron chi connectivity index (χ0n) is 12.0. The maximum atomic E-state index is 5.93. The van der Waals surface area contributed by atoms with E-state index < -0.39 is 0 Å². The van der Waals surface area contributed by atoms with Gasteiger partial charge in [-0.3, -0.25) is 0 Å². The Kier molecular flexibility index (Phi) is 3.44. The molecule has 1 aliphatic heterocycles. The van der Waals surface area contributed by atoms with Gasteiger partial charge in [-0.05, 0) is 19.1 Å². The van der Waals surface area contributed by atoms with Crippen LogP contribution in [-0.4, -0.2) is 26.3 Å². The van der Waals surface area contributed by atoms with Gasteiger partial charge in [-0.2, -0.15) is 0 Å². The highest BCUT2D eigenvalue weighted by Crippen LogP contribution is 2.30. The van der Waals surface area contributed by atoms with E-state index in [9.17, 15) is 0 Å².